The van der Waals surface area contributed by atoms with Crippen LogP contribution in [-0.4, -0.2) is 18.6 Å². The average molecular weight is 277 g/mol. The number of rotatable bonds is 9. The molecule has 0 amide bonds. The standard InChI is InChI=1S/C17H27NO2/c1-3-5-9-14(4-2)13-20-17(19)16(18)12-15-10-7-6-8-11-15/h6-8,10-11,14,16H,3-5,9,12-13,18H2,1-2H3/t14?,16-/m1/s1. The Morgan fingerprint density at radius 2 is 1.95 bits per heavy atom. The zero-order chi connectivity index (χ0) is 14.8. The Morgan fingerprint density at radius 1 is 1.25 bits per heavy atom. The van der Waals surface area contributed by atoms with Crippen LogP contribution in [-0.2, 0) is 16.0 Å². The van der Waals surface area contributed by atoms with E-state index in [0.717, 1.165) is 18.4 Å². The molecule has 1 rings (SSSR count). The van der Waals surface area contributed by atoms with Crippen LogP contribution in [0.5, 0.6) is 0 Å². The van der Waals surface area contributed by atoms with E-state index in [4.69, 9.17) is 10.5 Å². The van der Waals surface area contributed by atoms with Crippen LogP contribution in [0.15, 0.2) is 30.3 Å². The van der Waals surface area contributed by atoms with Crippen molar-refractivity contribution in [2.75, 3.05) is 6.61 Å². The maximum Gasteiger partial charge on any atom is 0.323 e. The van der Waals surface area contributed by atoms with E-state index < -0.39 is 6.04 Å². The molecule has 1 aromatic rings. The van der Waals surface area contributed by atoms with Gasteiger partial charge in [-0.15, -0.1) is 0 Å². The Morgan fingerprint density at radius 3 is 2.55 bits per heavy atom. The molecular weight excluding hydrogens is 250 g/mol. The van der Waals surface area contributed by atoms with Gasteiger partial charge < -0.3 is 10.5 Å². The molecule has 112 valence electrons. The summed E-state index contributed by atoms with van der Waals surface area (Å²) in [6.07, 6.45) is 5.06. The fourth-order valence-electron chi connectivity index (χ4n) is 2.16. The van der Waals surface area contributed by atoms with Crippen molar-refractivity contribution in [3.05, 3.63) is 35.9 Å². The van der Waals surface area contributed by atoms with Gasteiger partial charge in [-0.25, -0.2) is 0 Å². The monoisotopic (exact) mass is 277 g/mol. The quantitative estimate of drug-likeness (QED) is 0.704. The Balaban J connectivity index is 2.34. The second-order valence-electron chi connectivity index (χ2n) is 5.34. The van der Waals surface area contributed by atoms with Gasteiger partial charge in [0.05, 0.1) is 6.61 Å². The van der Waals surface area contributed by atoms with Gasteiger partial charge in [0, 0.05) is 0 Å². The number of esters is 1. The lowest BCUT2D eigenvalue weighted by molar-refractivity contribution is -0.146. The molecule has 0 saturated carbocycles. The van der Waals surface area contributed by atoms with E-state index in [9.17, 15) is 4.79 Å². The van der Waals surface area contributed by atoms with Crippen molar-refractivity contribution >= 4 is 5.97 Å². The normalized spacial score (nSPS) is 13.8. The minimum atomic E-state index is -0.568. The van der Waals surface area contributed by atoms with Gasteiger partial charge in [0.15, 0.2) is 0 Å². The van der Waals surface area contributed by atoms with E-state index in [2.05, 4.69) is 13.8 Å². The Bertz CT molecular complexity index is 378. The molecule has 0 aliphatic rings. The van der Waals surface area contributed by atoms with E-state index >= 15 is 0 Å². The molecule has 3 nitrogen and oxygen atoms in total. The lowest BCUT2D eigenvalue weighted by atomic mass is 10.0. The summed E-state index contributed by atoms with van der Waals surface area (Å²) < 4.78 is 5.36. The third kappa shape index (κ3) is 6.20. The van der Waals surface area contributed by atoms with Gasteiger partial charge in [-0.1, -0.05) is 63.4 Å². The number of hydrogen-bond donors (Lipinski definition) is 1. The molecule has 1 aromatic carbocycles. The first-order valence-corrected chi connectivity index (χ1v) is 7.63. The van der Waals surface area contributed by atoms with E-state index in [1.165, 1.54) is 12.8 Å². The van der Waals surface area contributed by atoms with Gasteiger partial charge in [0.2, 0.25) is 0 Å². The second kappa shape index (κ2) is 9.54. The average Bonchev–Trinajstić information content (AvgIpc) is 2.48. The fourth-order valence-corrected chi connectivity index (χ4v) is 2.16. The van der Waals surface area contributed by atoms with Crippen LogP contribution in [0.2, 0.25) is 0 Å². The number of carbonyl (C=O) groups is 1. The summed E-state index contributed by atoms with van der Waals surface area (Å²) in [7, 11) is 0. The lowest BCUT2D eigenvalue weighted by Gasteiger charge is -2.17. The number of unbranched alkanes of at least 4 members (excludes halogenated alkanes) is 1. The number of ether oxygens (including phenoxy) is 1. The molecule has 0 aliphatic heterocycles. The predicted octanol–water partition coefficient (Wildman–Crippen LogP) is 3.32. The maximum atomic E-state index is 11.9. The van der Waals surface area contributed by atoms with Crippen molar-refractivity contribution in [3.8, 4) is 0 Å². The van der Waals surface area contributed by atoms with Crippen molar-refractivity contribution in [1.82, 2.24) is 0 Å². The predicted molar refractivity (Wildman–Crippen MR) is 82.4 cm³/mol. The Kier molecular flexibility index (Phi) is 7.97. The van der Waals surface area contributed by atoms with E-state index in [-0.39, 0.29) is 5.97 Å². The molecule has 0 saturated heterocycles. The lowest BCUT2D eigenvalue weighted by Crippen LogP contribution is -2.35. The molecule has 0 aromatic heterocycles. The van der Waals surface area contributed by atoms with Crippen molar-refractivity contribution in [2.45, 2.75) is 52.0 Å². The molecule has 2 N–H and O–H groups in total. The van der Waals surface area contributed by atoms with Crippen LogP contribution in [0.25, 0.3) is 0 Å². The molecule has 1 unspecified atom stereocenters. The Labute approximate surface area is 122 Å². The van der Waals surface area contributed by atoms with Crippen LogP contribution >= 0.6 is 0 Å². The van der Waals surface area contributed by atoms with Gasteiger partial charge in [0.1, 0.15) is 6.04 Å². The molecule has 0 radical (unpaired) electrons. The third-order valence-electron chi connectivity index (χ3n) is 3.61. The zero-order valence-electron chi connectivity index (χ0n) is 12.7. The highest BCUT2D eigenvalue weighted by Gasteiger charge is 2.17. The fraction of sp³-hybridized carbons (Fsp3) is 0.588. The minimum Gasteiger partial charge on any atom is -0.464 e. The topological polar surface area (TPSA) is 52.3 Å². The molecule has 0 fully saturated rings. The van der Waals surface area contributed by atoms with Crippen LogP contribution in [0.4, 0.5) is 0 Å². The maximum absolute atomic E-state index is 11.9. The number of carbonyl (C=O) groups excluding carboxylic acids is 1. The van der Waals surface area contributed by atoms with E-state index in [1.54, 1.807) is 0 Å². The first-order valence-electron chi connectivity index (χ1n) is 7.63. The van der Waals surface area contributed by atoms with Crippen molar-refractivity contribution < 1.29 is 9.53 Å². The van der Waals surface area contributed by atoms with E-state index in [0.29, 0.717) is 18.9 Å². The van der Waals surface area contributed by atoms with Gasteiger partial charge in [0.25, 0.3) is 0 Å². The molecule has 3 heteroatoms. The van der Waals surface area contributed by atoms with Crippen LogP contribution < -0.4 is 5.73 Å². The number of hydrogen-bond acceptors (Lipinski definition) is 3. The molecule has 0 spiro atoms. The number of nitrogens with two attached hydrogens (primary N) is 1. The molecule has 2 atom stereocenters. The highest BCUT2D eigenvalue weighted by Crippen LogP contribution is 2.13. The minimum absolute atomic E-state index is 0.288. The number of benzene rings is 1. The van der Waals surface area contributed by atoms with Crippen LogP contribution in [0.3, 0.4) is 0 Å². The zero-order valence-corrected chi connectivity index (χ0v) is 12.7. The van der Waals surface area contributed by atoms with Crippen LogP contribution in [0, 0.1) is 5.92 Å². The van der Waals surface area contributed by atoms with Crippen LogP contribution in [0.1, 0.15) is 45.1 Å². The first kappa shape index (κ1) is 16.7. The van der Waals surface area contributed by atoms with Gasteiger partial charge in [-0.3, -0.25) is 4.79 Å². The molecular formula is C17H27NO2. The molecule has 0 heterocycles. The second-order valence-corrected chi connectivity index (χ2v) is 5.34. The molecule has 20 heavy (non-hydrogen) atoms. The first-order chi connectivity index (χ1) is 9.67. The van der Waals surface area contributed by atoms with E-state index in [1.807, 2.05) is 30.3 Å². The molecule has 0 bridgehead atoms. The van der Waals surface area contributed by atoms with Crippen molar-refractivity contribution in [2.24, 2.45) is 11.7 Å². The summed E-state index contributed by atoms with van der Waals surface area (Å²) in [5.41, 5.74) is 6.97. The Hall–Kier alpha value is -1.35. The summed E-state index contributed by atoms with van der Waals surface area (Å²) in [4.78, 5) is 11.9. The SMILES string of the molecule is CCCCC(CC)COC(=O)[C@H](N)Cc1ccccc1. The smallest absolute Gasteiger partial charge is 0.323 e. The van der Waals surface area contributed by atoms with Gasteiger partial charge >= 0.3 is 5.97 Å². The highest BCUT2D eigenvalue weighted by molar-refractivity contribution is 5.75. The highest BCUT2D eigenvalue weighted by atomic mass is 16.5. The molecule has 0 aliphatic carbocycles. The third-order valence-corrected chi connectivity index (χ3v) is 3.61. The largest absolute Gasteiger partial charge is 0.464 e. The summed E-state index contributed by atoms with van der Waals surface area (Å²) in [5, 5.41) is 0. The van der Waals surface area contributed by atoms with Crippen molar-refractivity contribution in [3.63, 3.8) is 0 Å². The van der Waals surface area contributed by atoms with Crippen molar-refractivity contribution in [1.29, 1.82) is 0 Å². The summed E-state index contributed by atoms with van der Waals surface area (Å²) in [5.74, 6) is 0.173. The summed E-state index contributed by atoms with van der Waals surface area (Å²) in [6.45, 7) is 4.81. The van der Waals surface area contributed by atoms with Gasteiger partial charge in [-0.2, -0.15) is 0 Å². The summed E-state index contributed by atoms with van der Waals surface area (Å²) in [6, 6.07) is 9.23. The van der Waals surface area contributed by atoms with Gasteiger partial charge in [-0.05, 0) is 24.3 Å². The summed E-state index contributed by atoms with van der Waals surface area (Å²) >= 11 is 0.